The van der Waals surface area contributed by atoms with Gasteiger partial charge in [0, 0.05) is 18.0 Å². The van der Waals surface area contributed by atoms with E-state index in [1.807, 2.05) is 27.0 Å². The van der Waals surface area contributed by atoms with Gasteiger partial charge in [0.1, 0.15) is 6.54 Å². The largest absolute Gasteiger partial charge is 0.339 e. The third-order valence-corrected chi connectivity index (χ3v) is 2.69. The number of nitrogens with one attached hydrogen (secondary N) is 1. The van der Waals surface area contributed by atoms with Crippen LogP contribution in [0.3, 0.4) is 0 Å². The van der Waals surface area contributed by atoms with Gasteiger partial charge in [-0.25, -0.2) is 4.68 Å². The first kappa shape index (κ1) is 14.6. The predicted octanol–water partition coefficient (Wildman–Crippen LogP) is 1.50. The Hall–Kier alpha value is -1.76. The maximum absolute atomic E-state index is 5.25. The summed E-state index contributed by atoms with van der Waals surface area (Å²) in [5, 5.41) is 15.4. The first-order valence-electron chi connectivity index (χ1n) is 6.80. The van der Waals surface area contributed by atoms with E-state index in [0.29, 0.717) is 30.8 Å². The lowest BCUT2D eigenvalue weighted by atomic mass is 9.97. The molecule has 20 heavy (non-hydrogen) atoms. The van der Waals surface area contributed by atoms with Crippen molar-refractivity contribution in [3.63, 3.8) is 0 Å². The highest BCUT2D eigenvalue weighted by atomic mass is 16.5. The van der Waals surface area contributed by atoms with E-state index in [-0.39, 0.29) is 5.41 Å². The molecule has 2 heterocycles. The van der Waals surface area contributed by atoms with Crippen molar-refractivity contribution < 1.29 is 4.52 Å². The summed E-state index contributed by atoms with van der Waals surface area (Å²) < 4.78 is 6.97. The molecule has 0 unspecified atom stereocenters. The molecule has 2 aromatic rings. The van der Waals surface area contributed by atoms with Crippen LogP contribution < -0.4 is 5.32 Å². The van der Waals surface area contributed by atoms with Gasteiger partial charge in [0.05, 0.1) is 11.9 Å². The first-order chi connectivity index (χ1) is 9.34. The summed E-state index contributed by atoms with van der Waals surface area (Å²) in [7, 11) is 0. The van der Waals surface area contributed by atoms with Gasteiger partial charge in [-0.1, -0.05) is 45.0 Å². The number of rotatable bonds is 5. The lowest BCUT2D eigenvalue weighted by molar-refractivity contribution is 0.317. The van der Waals surface area contributed by atoms with Gasteiger partial charge in [0.15, 0.2) is 5.82 Å². The molecule has 0 aliphatic heterocycles. The highest BCUT2D eigenvalue weighted by molar-refractivity contribution is 4.99. The molecule has 0 saturated carbocycles. The number of nitrogens with zero attached hydrogens (tertiary/aromatic N) is 5. The molecule has 2 rings (SSSR count). The van der Waals surface area contributed by atoms with Crippen molar-refractivity contribution in [1.82, 2.24) is 30.5 Å². The van der Waals surface area contributed by atoms with Crippen LogP contribution in [0.5, 0.6) is 0 Å². The van der Waals surface area contributed by atoms with Gasteiger partial charge in [-0.15, -0.1) is 5.10 Å². The van der Waals surface area contributed by atoms with Crippen LogP contribution in [0.4, 0.5) is 0 Å². The smallest absolute Gasteiger partial charge is 0.232 e. The molecule has 7 nitrogen and oxygen atoms in total. The van der Waals surface area contributed by atoms with Gasteiger partial charge >= 0.3 is 0 Å². The molecule has 2 aromatic heterocycles. The maximum atomic E-state index is 5.25. The number of hydrogen-bond donors (Lipinski definition) is 1. The molecule has 0 aliphatic carbocycles. The highest BCUT2D eigenvalue weighted by Gasteiger charge is 2.21. The zero-order valence-corrected chi connectivity index (χ0v) is 12.7. The van der Waals surface area contributed by atoms with Crippen molar-refractivity contribution in [3.8, 4) is 0 Å². The van der Waals surface area contributed by atoms with E-state index < -0.39 is 0 Å². The fourth-order valence-electron chi connectivity index (χ4n) is 1.57. The Balaban J connectivity index is 1.98. The van der Waals surface area contributed by atoms with Gasteiger partial charge in [0.2, 0.25) is 5.89 Å². The Morgan fingerprint density at radius 2 is 2.10 bits per heavy atom. The zero-order valence-electron chi connectivity index (χ0n) is 12.7. The topological polar surface area (TPSA) is 81.7 Å². The molecule has 0 saturated heterocycles. The van der Waals surface area contributed by atoms with Crippen LogP contribution in [0.2, 0.25) is 0 Å². The Morgan fingerprint density at radius 1 is 1.35 bits per heavy atom. The van der Waals surface area contributed by atoms with E-state index in [0.717, 1.165) is 5.69 Å². The van der Waals surface area contributed by atoms with Crippen LogP contribution in [0, 0.1) is 0 Å². The van der Waals surface area contributed by atoms with Gasteiger partial charge in [0.25, 0.3) is 0 Å². The molecular formula is C13H22N6O. The minimum Gasteiger partial charge on any atom is -0.339 e. The van der Waals surface area contributed by atoms with Crippen LogP contribution in [0.25, 0.3) is 0 Å². The summed E-state index contributed by atoms with van der Waals surface area (Å²) in [6.45, 7) is 11.5. The summed E-state index contributed by atoms with van der Waals surface area (Å²) in [4.78, 5) is 4.38. The average molecular weight is 278 g/mol. The summed E-state index contributed by atoms with van der Waals surface area (Å²) in [5.74, 6) is 1.25. The third kappa shape index (κ3) is 3.86. The minimum atomic E-state index is -0.139. The van der Waals surface area contributed by atoms with Crippen molar-refractivity contribution in [2.24, 2.45) is 0 Å². The highest BCUT2D eigenvalue weighted by Crippen LogP contribution is 2.19. The van der Waals surface area contributed by atoms with E-state index in [2.05, 4.69) is 39.6 Å². The fraction of sp³-hybridized carbons (Fsp3) is 0.692. The average Bonchev–Trinajstić information content (AvgIpc) is 2.95. The summed E-state index contributed by atoms with van der Waals surface area (Å²) in [6, 6.07) is 0.423. The van der Waals surface area contributed by atoms with Gasteiger partial charge in [-0.3, -0.25) is 0 Å². The molecule has 0 spiro atoms. The van der Waals surface area contributed by atoms with Crippen molar-refractivity contribution in [2.45, 2.75) is 59.2 Å². The van der Waals surface area contributed by atoms with Crippen LogP contribution in [0.1, 0.15) is 52.0 Å². The van der Waals surface area contributed by atoms with E-state index in [1.54, 1.807) is 4.68 Å². The van der Waals surface area contributed by atoms with Gasteiger partial charge < -0.3 is 9.84 Å². The Labute approximate surface area is 118 Å². The van der Waals surface area contributed by atoms with Gasteiger partial charge in [-0.2, -0.15) is 4.98 Å². The Morgan fingerprint density at radius 3 is 2.70 bits per heavy atom. The molecule has 0 fully saturated rings. The maximum Gasteiger partial charge on any atom is 0.232 e. The molecule has 110 valence electrons. The molecule has 0 atom stereocenters. The standard InChI is InChI=1S/C13H22N6O/c1-9(2)14-6-10-7-19(18-16-10)8-11-15-12(20-17-11)13(3,4)5/h7,9,14H,6,8H2,1-5H3. The van der Waals surface area contributed by atoms with Crippen molar-refractivity contribution in [2.75, 3.05) is 0 Å². The first-order valence-corrected chi connectivity index (χ1v) is 6.80. The monoisotopic (exact) mass is 278 g/mol. The molecule has 7 heteroatoms. The summed E-state index contributed by atoms with van der Waals surface area (Å²) >= 11 is 0. The van der Waals surface area contributed by atoms with Crippen LogP contribution in [-0.4, -0.2) is 31.2 Å². The molecule has 0 aliphatic rings. The second kappa shape index (κ2) is 5.70. The van der Waals surface area contributed by atoms with Crippen LogP contribution in [0.15, 0.2) is 10.7 Å². The SMILES string of the molecule is CC(C)NCc1cn(Cc2noc(C(C)(C)C)n2)nn1. The van der Waals surface area contributed by atoms with E-state index in [1.165, 1.54) is 0 Å². The lowest BCUT2D eigenvalue weighted by Gasteiger charge is -2.10. The van der Waals surface area contributed by atoms with Crippen LogP contribution in [-0.2, 0) is 18.5 Å². The van der Waals surface area contributed by atoms with Crippen molar-refractivity contribution in [1.29, 1.82) is 0 Å². The van der Waals surface area contributed by atoms with E-state index in [4.69, 9.17) is 4.52 Å². The Kier molecular flexibility index (Phi) is 4.17. The number of aromatic nitrogens is 5. The predicted molar refractivity (Wildman–Crippen MR) is 74.1 cm³/mol. The quantitative estimate of drug-likeness (QED) is 0.892. The molecule has 0 aromatic carbocycles. The normalized spacial score (nSPS) is 12.3. The molecule has 1 N–H and O–H groups in total. The molecular weight excluding hydrogens is 256 g/mol. The summed E-state index contributed by atoms with van der Waals surface area (Å²) in [6.07, 6.45) is 1.89. The minimum absolute atomic E-state index is 0.139. The van der Waals surface area contributed by atoms with Crippen LogP contribution >= 0.6 is 0 Å². The van der Waals surface area contributed by atoms with Crippen molar-refractivity contribution >= 4 is 0 Å². The number of hydrogen-bond acceptors (Lipinski definition) is 6. The van der Waals surface area contributed by atoms with Gasteiger partial charge in [-0.05, 0) is 0 Å². The zero-order chi connectivity index (χ0) is 14.8. The molecule has 0 amide bonds. The second-order valence-corrected chi connectivity index (χ2v) is 6.21. The van der Waals surface area contributed by atoms with E-state index in [9.17, 15) is 0 Å². The molecule has 0 radical (unpaired) electrons. The lowest BCUT2D eigenvalue weighted by Crippen LogP contribution is -2.21. The second-order valence-electron chi connectivity index (χ2n) is 6.21. The Bertz CT molecular complexity index is 551. The fourth-order valence-corrected chi connectivity index (χ4v) is 1.57. The summed E-state index contributed by atoms with van der Waals surface area (Å²) in [5.41, 5.74) is 0.762. The van der Waals surface area contributed by atoms with E-state index >= 15 is 0 Å². The van der Waals surface area contributed by atoms with Crippen molar-refractivity contribution in [3.05, 3.63) is 23.6 Å². The third-order valence-electron chi connectivity index (χ3n) is 2.69. The molecule has 0 bridgehead atoms.